The van der Waals surface area contributed by atoms with Gasteiger partial charge in [0.2, 0.25) is 0 Å². The van der Waals surface area contributed by atoms with Crippen molar-refractivity contribution in [3.8, 4) is 0 Å². The van der Waals surface area contributed by atoms with Gasteiger partial charge in [0.05, 0.1) is 0 Å². The van der Waals surface area contributed by atoms with Gasteiger partial charge in [0.25, 0.3) is 0 Å². The van der Waals surface area contributed by atoms with E-state index in [0.717, 1.165) is 71.3 Å². The Bertz CT molecular complexity index is 493. The first-order chi connectivity index (χ1) is 14.2. The summed E-state index contributed by atoms with van der Waals surface area (Å²) in [7, 11) is 0. The average Bonchev–Trinajstić information content (AvgIpc) is 3.44. The topological polar surface area (TPSA) is 58.1 Å². The fraction of sp³-hybridized carbons (Fsp3) is 0.957. The second kappa shape index (κ2) is 11.5. The molecule has 29 heavy (non-hydrogen) atoms. The van der Waals surface area contributed by atoms with Crippen LogP contribution in [0.3, 0.4) is 0 Å². The van der Waals surface area contributed by atoms with Crippen molar-refractivity contribution >= 4 is 5.96 Å². The van der Waals surface area contributed by atoms with E-state index in [4.69, 9.17) is 14.5 Å². The van der Waals surface area contributed by atoms with Gasteiger partial charge in [-0.1, -0.05) is 12.8 Å². The molecule has 2 heterocycles. The van der Waals surface area contributed by atoms with E-state index >= 15 is 0 Å². The van der Waals surface area contributed by atoms with E-state index in [-0.39, 0.29) is 5.54 Å². The first-order valence-electron chi connectivity index (χ1n) is 12.1. The molecule has 0 bridgehead atoms. The van der Waals surface area contributed by atoms with E-state index in [1.54, 1.807) is 0 Å². The third-order valence-electron chi connectivity index (χ3n) is 7.35. The Labute approximate surface area is 178 Å². The Morgan fingerprint density at radius 2 is 1.72 bits per heavy atom. The molecule has 0 aromatic heterocycles. The van der Waals surface area contributed by atoms with Crippen molar-refractivity contribution in [2.24, 2.45) is 10.4 Å². The zero-order chi connectivity index (χ0) is 20.4. The smallest absolute Gasteiger partial charge is 0.191 e. The summed E-state index contributed by atoms with van der Waals surface area (Å²) in [6, 6.07) is 0. The Hall–Kier alpha value is -0.850. The minimum Gasteiger partial charge on any atom is -0.382 e. The minimum atomic E-state index is 0.227. The number of rotatable bonds is 10. The fourth-order valence-electron chi connectivity index (χ4n) is 5.43. The molecule has 0 unspecified atom stereocenters. The van der Waals surface area contributed by atoms with Gasteiger partial charge in [-0.3, -0.25) is 9.89 Å². The third-order valence-corrected chi connectivity index (χ3v) is 7.35. The quantitative estimate of drug-likeness (QED) is 0.330. The molecule has 0 aromatic carbocycles. The summed E-state index contributed by atoms with van der Waals surface area (Å²) in [6.07, 6.45) is 11.3. The predicted molar refractivity (Wildman–Crippen MR) is 120 cm³/mol. The number of likely N-dealkylation sites (tertiary alicyclic amines) is 1. The van der Waals surface area contributed by atoms with Crippen molar-refractivity contribution in [1.82, 2.24) is 15.5 Å². The van der Waals surface area contributed by atoms with Gasteiger partial charge in [0, 0.05) is 51.6 Å². The Balaban J connectivity index is 1.61. The molecule has 2 saturated heterocycles. The first-order valence-corrected chi connectivity index (χ1v) is 12.1. The summed E-state index contributed by atoms with van der Waals surface area (Å²) in [5.74, 6) is 0.986. The number of hydrogen-bond acceptors (Lipinski definition) is 4. The van der Waals surface area contributed by atoms with Crippen molar-refractivity contribution in [2.75, 3.05) is 59.2 Å². The van der Waals surface area contributed by atoms with Crippen molar-refractivity contribution in [3.63, 3.8) is 0 Å². The second-order valence-electron chi connectivity index (χ2n) is 9.23. The molecule has 2 aliphatic heterocycles. The molecule has 3 fully saturated rings. The van der Waals surface area contributed by atoms with Gasteiger partial charge < -0.3 is 20.1 Å². The SMILES string of the molecule is CCNC(=NCC1(CCOCC)CCCC1)NCC1(N2CCCC2)CCOCC1. The molecule has 1 saturated carbocycles. The molecule has 0 atom stereocenters. The van der Waals surface area contributed by atoms with Crippen LogP contribution in [0.1, 0.15) is 71.6 Å². The fourth-order valence-corrected chi connectivity index (χ4v) is 5.43. The Morgan fingerprint density at radius 3 is 2.38 bits per heavy atom. The normalized spacial score (nSPS) is 24.7. The molecule has 1 aliphatic carbocycles. The summed E-state index contributed by atoms with van der Waals surface area (Å²) in [4.78, 5) is 7.79. The highest BCUT2D eigenvalue weighted by atomic mass is 16.5. The molecule has 3 rings (SSSR count). The number of nitrogens with one attached hydrogen (secondary N) is 2. The summed E-state index contributed by atoms with van der Waals surface area (Å²) >= 11 is 0. The highest BCUT2D eigenvalue weighted by molar-refractivity contribution is 5.79. The molecule has 168 valence electrons. The number of ether oxygens (including phenoxy) is 2. The van der Waals surface area contributed by atoms with Crippen LogP contribution in [-0.2, 0) is 9.47 Å². The first kappa shape index (κ1) is 22.8. The van der Waals surface area contributed by atoms with Crippen LogP contribution in [0.5, 0.6) is 0 Å². The largest absolute Gasteiger partial charge is 0.382 e. The number of hydrogen-bond donors (Lipinski definition) is 2. The molecular formula is C23H44N4O2. The van der Waals surface area contributed by atoms with Crippen molar-refractivity contribution in [1.29, 1.82) is 0 Å². The number of aliphatic imine (C=N–C) groups is 1. The van der Waals surface area contributed by atoms with Gasteiger partial charge >= 0.3 is 0 Å². The molecular weight excluding hydrogens is 364 g/mol. The molecule has 0 spiro atoms. The maximum atomic E-state index is 5.70. The van der Waals surface area contributed by atoms with Crippen molar-refractivity contribution in [3.05, 3.63) is 0 Å². The van der Waals surface area contributed by atoms with Crippen LogP contribution >= 0.6 is 0 Å². The van der Waals surface area contributed by atoms with Crippen LogP contribution in [-0.4, -0.2) is 75.5 Å². The lowest BCUT2D eigenvalue weighted by Crippen LogP contribution is -2.58. The van der Waals surface area contributed by atoms with Crippen LogP contribution in [0.15, 0.2) is 4.99 Å². The zero-order valence-electron chi connectivity index (χ0n) is 18.9. The lowest BCUT2D eigenvalue weighted by molar-refractivity contribution is -0.0164. The average molecular weight is 409 g/mol. The minimum absolute atomic E-state index is 0.227. The summed E-state index contributed by atoms with van der Waals surface area (Å²) < 4.78 is 11.4. The van der Waals surface area contributed by atoms with Crippen LogP contribution in [0.2, 0.25) is 0 Å². The Morgan fingerprint density at radius 1 is 1.00 bits per heavy atom. The second-order valence-corrected chi connectivity index (χ2v) is 9.23. The maximum Gasteiger partial charge on any atom is 0.191 e. The summed E-state index contributed by atoms with van der Waals surface area (Å²) in [6.45, 7) is 12.9. The lowest BCUT2D eigenvalue weighted by Gasteiger charge is -2.45. The van der Waals surface area contributed by atoms with Crippen LogP contribution in [0.4, 0.5) is 0 Å². The molecule has 6 nitrogen and oxygen atoms in total. The van der Waals surface area contributed by atoms with E-state index in [9.17, 15) is 0 Å². The molecule has 0 aromatic rings. The highest BCUT2D eigenvalue weighted by Gasteiger charge is 2.40. The van der Waals surface area contributed by atoms with E-state index in [1.807, 2.05) is 0 Å². The van der Waals surface area contributed by atoms with Crippen molar-refractivity contribution in [2.45, 2.75) is 77.2 Å². The van der Waals surface area contributed by atoms with Gasteiger partial charge in [-0.2, -0.15) is 0 Å². The van der Waals surface area contributed by atoms with Gasteiger partial charge in [-0.05, 0) is 77.3 Å². The van der Waals surface area contributed by atoms with Gasteiger partial charge in [-0.25, -0.2) is 0 Å². The van der Waals surface area contributed by atoms with Crippen molar-refractivity contribution < 1.29 is 9.47 Å². The molecule has 2 N–H and O–H groups in total. The molecule has 3 aliphatic rings. The van der Waals surface area contributed by atoms with E-state index in [2.05, 4.69) is 29.4 Å². The molecule has 6 heteroatoms. The predicted octanol–water partition coefficient (Wildman–Crippen LogP) is 3.17. The molecule has 0 radical (unpaired) electrons. The zero-order valence-corrected chi connectivity index (χ0v) is 18.9. The van der Waals surface area contributed by atoms with E-state index in [0.29, 0.717) is 5.41 Å². The van der Waals surface area contributed by atoms with E-state index in [1.165, 1.54) is 51.6 Å². The maximum absolute atomic E-state index is 5.70. The van der Waals surface area contributed by atoms with Crippen LogP contribution in [0.25, 0.3) is 0 Å². The monoisotopic (exact) mass is 408 g/mol. The van der Waals surface area contributed by atoms with Gasteiger partial charge in [0.15, 0.2) is 5.96 Å². The highest BCUT2D eigenvalue weighted by Crippen LogP contribution is 2.41. The molecule has 0 amide bonds. The standard InChI is InChI=1S/C23H44N4O2/c1-3-24-21(25-19-22(9-5-6-10-22)11-16-28-4-2)26-20-23(12-17-29-18-13-23)27-14-7-8-15-27/h3-20H2,1-2H3,(H2,24,25,26). The number of guanidine groups is 1. The summed E-state index contributed by atoms with van der Waals surface area (Å²) in [5, 5.41) is 7.22. The summed E-state index contributed by atoms with van der Waals surface area (Å²) in [5.41, 5.74) is 0.563. The van der Waals surface area contributed by atoms with Gasteiger partial charge in [-0.15, -0.1) is 0 Å². The lowest BCUT2D eigenvalue weighted by atomic mass is 9.83. The van der Waals surface area contributed by atoms with Crippen LogP contribution in [0, 0.1) is 5.41 Å². The Kier molecular flexibility index (Phi) is 9.07. The van der Waals surface area contributed by atoms with Gasteiger partial charge in [0.1, 0.15) is 0 Å². The van der Waals surface area contributed by atoms with E-state index < -0.39 is 0 Å². The number of nitrogens with zero attached hydrogens (tertiary/aromatic N) is 2. The third kappa shape index (κ3) is 6.31. The van der Waals surface area contributed by atoms with Crippen LogP contribution < -0.4 is 10.6 Å².